The molecule has 4 nitrogen and oxygen atoms in total. The number of hydrogen-bond donors (Lipinski definition) is 1. The van der Waals surface area contributed by atoms with Gasteiger partial charge in [-0.3, -0.25) is 4.90 Å². The van der Waals surface area contributed by atoms with E-state index in [9.17, 15) is 0 Å². The van der Waals surface area contributed by atoms with Crippen molar-refractivity contribution in [3.8, 4) is 0 Å². The zero-order valence-corrected chi connectivity index (χ0v) is 10.00. The minimum Gasteiger partial charge on any atom is -0.382 e. The summed E-state index contributed by atoms with van der Waals surface area (Å²) in [6, 6.07) is 0. The largest absolute Gasteiger partial charge is 0.382 e. The quantitative estimate of drug-likeness (QED) is 0.599. The Bertz CT molecular complexity index is 166. The Morgan fingerprint density at radius 3 is 2.47 bits per heavy atom. The molecule has 2 N–H and O–H groups in total. The predicted molar refractivity (Wildman–Crippen MR) is 61.0 cm³/mol. The van der Waals surface area contributed by atoms with Gasteiger partial charge in [0.25, 0.3) is 0 Å². The lowest BCUT2D eigenvalue weighted by Crippen LogP contribution is -2.57. The molecule has 0 aromatic rings. The first-order valence-electron chi connectivity index (χ1n) is 5.73. The molecular formula is C11H24N2O2. The van der Waals surface area contributed by atoms with Gasteiger partial charge in [-0.1, -0.05) is 0 Å². The van der Waals surface area contributed by atoms with Gasteiger partial charge in [0.1, 0.15) is 0 Å². The smallest absolute Gasteiger partial charge is 0.0700 e. The number of methoxy groups -OCH3 is 1. The monoisotopic (exact) mass is 216 g/mol. The van der Waals surface area contributed by atoms with Crippen LogP contribution in [0.25, 0.3) is 0 Å². The fourth-order valence-corrected chi connectivity index (χ4v) is 2.01. The third kappa shape index (κ3) is 3.41. The van der Waals surface area contributed by atoms with Crippen molar-refractivity contribution in [1.82, 2.24) is 4.90 Å². The molecule has 1 rings (SSSR count). The maximum absolute atomic E-state index is 5.82. The molecule has 1 aliphatic rings. The molecule has 0 bridgehead atoms. The Kier molecular flexibility index (Phi) is 5.53. The van der Waals surface area contributed by atoms with Gasteiger partial charge in [0.15, 0.2) is 0 Å². The molecule has 1 aliphatic carbocycles. The summed E-state index contributed by atoms with van der Waals surface area (Å²) in [4.78, 5) is 2.35. The molecule has 0 saturated heterocycles. The van der Waals surface area contributed by atoms with Crippen LogP contribution < -0.4 is 5.73 Å². The summed E-state index contributed by atoms with van der Waals surface area (Å²) in [6.07, 6.45) is 3.78. The van der Waals surface area contributed by atoms with Crippen molar-refractivity contribution in [2.45, 2.75) is 24.8 Å². The first kappa shape index (κ1) is 12.9. The number of hydrogen-bond acceptors (Lipinski definition) is 4. The molecule has 0 aliphatic heterocycles. The third-order valence-electron chi connectivity index (χ3n) is 3.48. The van der Waals surface area contributed by atoms with Gasteiger partial charge in [-0.25, -0.2) is 0 Å². The summed E-state index contributed by atoms with van der Waals surface area (Å²) in [5.41, 5.74) is 6.09. The van der Waals surface area contributed by atoms with Crippen LogP contribution in [0.1, 0.15) is 19.3 Å². The van der Waals surface area contributed by atoms with Crippen molar-refractivity contribution < 1.29 is 9.47 Å². The fourth-order valence-electron chi connectivity index (χ4n) is 2.01. The number of nitrogens with two attached hydrogens (primary N) is 1. The van der Waals surface area contributed by atoms with Gasteiger partial charge in [0.2, 0.25) is 0 Å². The van der Waals surface area contributed by atoms with Crippen LogP contribution in [0, 0.1) is 0 Å². The second kappa shape index (κ2) is 6.43. The normalized spacial score (nSPS) is 19.2. The summed E-state index contributed by atoms with van der Waals surface area (Å²) in [7, 11) is 3.83. The Hall–Kier alpha value is -0.160. The molecule has 0 spiro atoms. The van der Waals surface area contributed by atoms with Gasteiger partial charge in [-0.15, -0.1) is 0 Å². The van der Waals surface area contributed by atoms with Gasteiger partial charge in [-0.05, 0) is 26.3 Å². The van der Waals surface area contributed by atoms with Crippen molar-refractivity contribution in [2.75, 3.05) is 47.1 Å². The number of ether oxygens (including phenoxy) is 2. The molecule has 0 amide bonds. The van der Waals surface area contributed by atoms with Gasteiger partial charge >= 0.3 is 0 Å². The van der Waals surface area contributed by atoms with E-state index in [-0.39, 0.29) is 5.54 Å². The molecule has 0 atom stereocenters. The first-order valence-corrected chi connectivity index (χ1v) is 5.73. The second-order valence-corrected chi connectivity index (χ2v) is 4.31. The lowest BCUT2D eigenvalue weighted by Gasteiger charge is -2.48. The van der Waals surface area contributed by atoms with E-state index in [2.05, 4.69) is 11.9 Å². The molecule has 0 unspecified atom stereocenters. The molecule has 15 heavy (non-hydrogen) atoms. The second-order valence-electron chi connectivity index (χ2n) is 4.31. The molecule has 0 aromatic carbocycles. The van der Waals surface area contributed by atoms with Crippen LogP contribution in [0.3, 0.4) is 0 Å². The van der Waals surface area contributed by atoms with Crippen LogP contribution in [-0.2, 0) is 9.47 Å². The fraction of sp³-hybridized carbons (Fsp3) is 1.00. The SMILES string of the molecule is COCCOCCN(C)C1(CN)CCC1. The highest BCUT2D eigenvalue weighted by Gasteiger charge is 2.38. The van der Waals surface area contributed by atoms with Crippen LogP contribution in [0.2, 0.25) is 0 Å². The molecule has 1 saturated carbocycles. The van der Waals surface area contributed by atoms with Crippen molar-refractivity contribution in [1.29, 1.82) is 0 Å². The van der Waals surface area contributed by atoms with E-state index in [4.69, 9.17) is 15.2 Å². The number of rotatable bonds is 8. The molecule has 0 heterocycles. The number of nitrogens with zero attached hydrogens (tertiary/aromatic N) is 1. The Labute approximate surface area is 92.7 Å². The summed E-state index contributed by atoms with van der Waals surface area (Å²) in [6.45, 7) is 3.84. The first-order chi connectivity index (χ1) is 7.25. The molecule has 0 radical (unpaired) electrons. The average molecular weight is 216 g/mol. The maximum Gasteiger partial charge on any atom is 0.0700 e. The predicted octanol–water partition coefficient (Wildman–Crippen LogP) is 0.463. The van der Waals surface area contributed by atoms with Crippen molar-refractivity contribution in [3.05, 3.63) is 0 Å². The van der Waals surface area contributed by atoms with Crippen molar-refractivity contribution in [3.63, 3.8) is 0 Å². The zero-order chi connectivity index (χ0) is 11.1. The van der Waals surface area contributed by atoms with Crippen LogP contribution in [0.5, 0.6) is 0 Å². The van der Waals surface area contributed by atoms with Crippen LogP contribution in [0.15, 0.2) is 0 Å². The zero-order valence-electron chi connectivity index (χ0n) is 10.00. The Balaban J connectivity index is 2.09. The third-order valence-corrected chi connectivity index (χ3v) is 3.48. The van der Waals surface area contributed by atoms with E-state index in [0.717, 1.165) is 19.7 Å². The lowest BCUT2D eigenvalue weighted by molar-refractivity contribution is 0.00804. The lowest BCUT2D eigenvalue weighted by atomic mass is 9.75. The van der Waals surface area contributed by atoms with E-state index >= 15 is 0 Å². The van der Waals surface area contributed by atoms with Gasteiger partial charge in [0.05, 0.1) is 19.8 Å². The van der Waals surface area contributed by atoms with Crippen molar-refractivity contribution >= 4 is 0 Å². The Morgan fingerprint density at radius 2 is 2.00 bits per heavy atom. The highest BCUT2D eigenvalue weighted by Crippen LogP contribution is 2.35. The van der Waals surface area contributed by atoms with E-state index in [1.165, 1.54) is 19.3 Å². The minimum atomic E-state index is 0.268. The summed E-state index contributed by atoms with van der Waals surface area (Å²) in [5, 5.41) is 0. The summed E-state index contributed by atoms with van der Waals surface area (Å²) in [5.74, 6) is 0. The van der Waals surface area contributed by atoms with Crippen LogP contribution in [0.4, 0.5) is 0 Å². The van der Waals surface area contributed by atoms with Crippen LogP contribution in [-0.4, -0.2) is 57.5 Å². The topological polar surface area (TPSA) is 47.7 Å². The maximum atomic E-state index is 5.82. The van der Waals surface area contributed by atoms with Gasteiger partial charge < -0.3 is 15.2 Å². The average Bonchev–Trinajstić information content (AvgIpc) is 2.17. The summed E-state index contributed by atoms with van der Waals surface area (Å²) >= 11 is 0. The van der Waals surface area contributed by atoms with E-state index in [0.29, 0.717) is 13.2 Å². The minimum absolute atomic E-state index is 0.268. The highest BCUT2D eigenvalue weighted by molar-refractivity contribution is 4.97. The van der Waals surface area contributed by atoms with Gasteiger partial charge in [0, 0.05) is 25.7 Å². The molecule has 4 heteroatoms. The van der Waals surface area contributed by atoms with Crippen LogP contribution >= 0.6 is 0 Å². The van der Waals surface area contributed by atoms with Crippen molar-refractivity contribution in [2.24, 2.45) is 5.73 Å². The van der Waals surface area contributed by atoms with Gasteiger partial charge in [-0.2, -0.15) is 0 Å². The molecule has 90 valence electrons. The summed E-state index contributed by atoms with van der Waals surface area (Å²) < 4.78 is 10.4. The van der Waals surface area contributed by atoms with E-state index in [1.807, 2.05) is 0 Å². The standard InChI is InChI=1S/C11H24N2O2/c1-13(6-7-15-9-8-14-2)11(10-12)4-3-5-11/h3-10,12H2,1-2H3. The van der Waals surface area contributed by atoms with E-state index < -0.39 is 0 Å². The highest BCUT2D eigenvalue weighted by atomic mass is 16.5. The van der Waals surface area contributed by atoms with E-state index in [1.54, 1.807) is 7.11 Å². The molecular weight excluding hydrogens is 192 g/mol. The number of likely N-dealkylation sites (N-methyl/N-ethyl adjacent to an activating group) is 1. The Morgan fingerprint density at radius 1 is 1.27 bits per heavy atom. The molecule has 0 aromatic heterocycles. The molecule has 1 fully saturated rings.